The number of nitrogens with zero attached hydrogens (tertiary/aromatic N) is 1. The normalized spacial score (nSPS) is 10.0. The summed E-state index contributed by atoms with van der Waals surface area (Å²) in [4.78, 5) is 39.9. The average molecular weight is 268 g/mol. The molecule has 0 aliphatic rings. The fourth-order valence-corrected chi connectivity index (χ4v) is 1.28. The molecule has 0 amide bonds. The maximum absolute atomic E-state index is 11.3. The lowest BCUT2D eigenvalue weighted by atomic mass is 10.3. The van der Waals surface area contributed by atoms with Crippen LogP contribution in [0.4, 0.5) is 0 Å². The first-order valence-electron chi connectivity index (χ1n) is 5.89. The van der Waals surface area contributed by atoms with Gasteiger partial charge in [0.05, 0.1) is 31.3 Å². The summed E-state index contributed by atoms with van der Waals surface area (Å²) >= 11 is 0. The van der Waals surface area contributed by atoms with Crippen molar-refractivity contribution in [3.8, 4) is 0 Å². The molecule has 1 N–H and O–H groups in total. The molecular formula is C12H16N2O5. The van der Waals surface area contributed by atoms with Crippen molar-refractivity contribution in [2.75, 3.05) is 6.61 Å². The van der Waals surface area contributed by atoms with Gasteiger partial charge in [-0.1, -0.05) is 0 Å². The van der Waals surface area contributed by atoms with Gasteiger partial charge in [0, 0.05) is 6.92 Å². The van der Waals surface area contributed by atoms with Crippen LogP contribution in [0.3, 0.4) is 0 Å². The molecule has 0 saturated carbocycles. The summed E-state index contributed by atoms with van der Waals surface area (Å²) in [7, 11) is 0. The Hall–Kier alpha value is -2.18. The van der Waals surface area contributed by atoms with Crippen LogP contribution in [0.15, 0.2) is 6.20 Å². The molecule has 0 saturated heterocycles. The van der Waals surface area contributed by atoms with E-state index in [2.05, 4.69) is 14.7 Å². The molecule has 0 radical (unpaired) electrons. The number of nitrogens with one attached hydrogen (secondary N) is 1. The smallest absolute Gasteiger partial charge is 0.306 e. The molecule has 1 heterocycles. The van der Waals surface area contributed by atoms with Crippen LogP contribution in [0, 0.1) is 0 Å². The Bertz CT molecular complexity index is 466. The van der Waals surface area contributed by atoms with Crippen LogP contribution in [-0.2, 0) is 25.7 Å². The van der Waals surface area contributed by atoms with Gasteiger partial charge in [0.15, 0.2) is 11.6 Å². The Labute approximate surface area is 110 Å². The van der Waals surface area contributed by atoms with Crippen molar-refractivity contribution in [1.29, 1.82) is 0 Å². The molecule has 1 aromatic heterocycles. The van der Waals surface area contributed by atoms with Gasteiger partial charge in [-0.15, -0.1) is 0 Å². The van der Waals surface area contributed by atoms with Crippen molar-refractivity contribution < 1.29 is 23.9 Å². The van der Waals surface area contributed by atoms with Crippen LogP contribution < -0.4 is 0 Å². The van der Waals surface area contributed by atoms with E-state index in [0.717, 1.165) is 0 Å². The molecule has 7 heteroatoms. The quantitative estimate of drug-likeness (QED) is 0.585. The summed E-state index contributed by atoms with van der Waals surface area (Å²) in [5.74, 6) is -0.913. The largest absolute Gasteiger partial charge is 0.466 e. The zero-order chi connectivity index (χ0) is 14.3. The number of aromatic amines is 1. The van der Waals surface area contributed by atoms with Gasteiger partial charge in [-0.3, -0.25) is 14.4 Å². The zero-order valence-corrected chi connectivity index (χ0v) is 10.9. The molecule has 0 aliphatic carbocycles. The van der Waals surface area contributed by atoms with Gasteiger partial charge in [-0.25, -0.2) is 4.98 Å². The van der Waals surface area contributed by atoms with Crippen molar-refractivity contribution in [2.45, 2.75) is 33.3 Å². The molecule has 1 aromatic rings. The molecule has 104 valence electrons. The molecule has 0 aromatic carbocycles. The van der Waals surface area contributed by atoms with Gasteiger partial charge in [0.25, 0.3) is 0 Å². The number of esters is 2. The fourth-order valence-electron chi connectivity index (χ4n) is 1.28. The molecule has 7 nitrogen and oxygen atoms in total. The number of ether oxygens (including phenoxy) is 2. The summed E-state index contributed by atoms with van der Waals surface area (Å²) in [5, 5.41) is 0. The minimum atomic E-state index is -0.507. The number of carbonyl (C=O) groups is 3. The fraction of sp³-hybridized carbons (Fsp3) is 0.500. The van der Waals surface area contributed by atoms with Gasteiger partial charge in [0.1, 0.15) is 6.61 Å². The Morgan fingerprint density at radius 2 is 1.84 bits per heavy atom. The number of carbonyl (C=O) groups excluding carboxylic acids is 3. The SMILES string of the molecule is CCOC(=O)CCC(=O)OCc1cnc(C(C)=O)[nH]1. The predicted octanol–water partition coefficient (Wildman–Crippen LogP) is 0.999. The average Bonchev–Trinajstić information content (AvgIpc) is 2.83. The lowest BCUT2D eigenvalue weighted by Gasteiger charge is -2.03. The van der Waals surface area contributed by atoms with E-state index in [-0.39, 0.29) is 37.7 Å². The third-order valence-electron chi connectivity index (χ3n) is 2.19. The third kappa shape index (κ3) is 5.33. The predicted molar refractivity (Wildman–Crippen MR) is 64.3 cm³/mol. The number of hydrogen-bond acceptors (Lipinski definition) is 6. The van der Waals surface area contributed by atoms with Gasteiger partial charge in [-0.2, -0.15) is 0 Å². The second kappa shape index (κ2) is 7.30. The second-order valence-electron chi connectivity index (χ2n) is 3.78. The first kappa shape index (κ1) is 14.9. The number of rotatable bonds is 7. The van der Waals surface area contributed by atoms with E-state index in [1.165, 1.54) is 13.1 Å². The molecule has 0 atom stereocenters. The Kier molecular flexibility index (Phi) is 5.72. The van der Waals surface area contributed by atoms with E-state index in [0.29, 0.717) is 5.69 Å². The Morgan fingerprint density at radius 3 is 2.37 bits per heavy atom. The molecule has 0 aliphatic heterocycles. The summed E-state index contributed by atoms with van der Waals surface area (Å²) in [6.07, 6.45) is 1.39. The van der Waals surface area contributed by atoms with E-state index < -0.39 is 11.9 Å². The van der Waals surface area contributed by atoms with Crippen LogP contribution in [-0.4, -0.2) is 34.3 Å². The molecule has 0 bridgehead atoms. The van der Waals surface area contributed by atoms with E-state index in [9.17, 15) is 14.4 Å². The highest BCUT2D eigenvalue weighted by atomic mass is 16.5. The Balaban J connectivity index is 2.29. The number of H-pyrrole nitrogens is 1. The molecule has 0 fully saturated rings. The van der Waals surface area contributed by atoms with Crippen molar-refractivity contribution >= 4 is 17.7 Å². The Morgan fingerprint density at radius 1 is 1.21 bits per heavy atom. The van der Waals surface area contributed by atoms with Crippen molar-refractivity contribution in [2.24, 2.45) is 0 Å². The van der Waals surface area contributed by atoms with Crippen molar-refractivity contribution in [1.82, 2.24) is 9.97 Å². The van der Waals surface area contributed by atoms with E-state index in [1.807, 2.05) is 0 Å². The van der Waals surface area contributed by atoms with Gasteiger partial charge in [0.2, 0.25) is 0 Å². The first-order chi connectivity index (χ1) is 9.02. The minimum absolute atomic E-state index is 0.00561. The van der Waals surface area contributed by atoms with E-state index in [1.54, 1.807) is 6.92 Å². The van der Waals surface area contributed by atoms with Gasteiger partial charge >= 0.3 is 11.9 Å². The standard InChI is InChI=1S/C12H16N2O5/c1-3-18-10(16)4-5-11(17)19-7-9-6-13-12(14-9)8(2)15/h6H,3-5,7H2,1-2H3,(H,13,14). The van der Waals surface area contributed by atoms with Crippen LogP contribution in [0.1, 0.15) is 43.0 Å². The number of Topliss-reactive ketones (excluding diaryl/α,β-unsaturated/α-hetero) is 1. The summed E-state index contributed by atoms with van der Waals surface area (Å²) in [5.41, 5.74) is 0.523. The number of imidazole rings is 1. The molecule has 0 unspecified atom stereocenters. The zero-order valence-electron chi connectivity index (χ0n) is 10.9. The lowest BCUT2D eigenvalue weighted by molar-refractivity contribution is -0.150. The van der Waals surface area contributed by atoms with E-state index >= 15 is 0 Å². The monoisotopic (exact) mass is 268 g/mol. The van der Waals surface area contributed by atoms with Gasteiger partial charge in [-0.05, 0) is 6.92 Å². The number of aromatic nitrogens is 2. The molecular weight excluding hydrogens is 252 g/mol. The minimum Gasteiger partial charge on any atom is -0.466 e. The van der Waals surface area contributed by atoms with Crippen LogP contribution in [0.25, 0.3) is 0 Å². The van der Waals surface area contributed by atoms with E-state index in [4.69, 9.17) is 4.74 Å². The van der Waals surface area contributed by atoms with Crippen LogP contribution in [0.5, 0.6) is 0 Å². The van der Waals surface area contributed by atoms with Crippen molar-refractivity contribution in [3.05, 3.63) is 17.7 Å². The highest BCUT2D eigenvalue weighted by Crippen LogP contribution is 2.02. The molecule has 0 spiro atoms. The maximum atomic E-state index is 11.3. The number of hydrogen-bond donors (Lipinski definition) is 1. The third-order valence-corrected chi connectivity index (χ3v) is 2.19. The van der Waals surface area contributed by atoms with Gasteiger partial charge < -0.3 is 14.5 Å². The molecule has 1 rings (SSSR count). The summed E-state index contributed by atoms with van der Waals surface area (Å²) < 4.78 is 9.60. The highest BCUT2D eigenvalue weighted by Gasteiger charge is 2.10. The second-order valence-corrected chi connectivity index (χ2v) is 3.78. The number of ketones is 1. The van der Waals surface area contributed by atoms with Crippen LogP contribution in [0.2, 0.25) is 0 Å². The molecule has 19 heavy (non-hydrogen) atoms. The highest BCUT2D eigenvalue weighted by molar-refractivity contribution is 5.90. The lowest BCUT2D eigenvalue weighted by Crippen LogP contribution is -2.10. The summed E-state index contributed by atoms with van der Waals surface area (Å²) in [6.45, 7) is 3.35. The first-order valence-corrected chi connectivity index (χ1v) is 5.89. The maximum Gasteiger partial charge on any atom is 0.306 e. The summed E-state index contributed by atoms with van der Waals surface area (Å²) in [6, 6.07) is 0. The topological polar surface area (TPSA) is 98.3 Å². The van der Waals surface area contributed by atoms with Crippen LogP contribution >= 0.6 is 0 Å². The van der Waals surface area contributed by atoms with Crippen molar-refractivity contribution in [3.63, 3.8) is 0 Å².